The average molecular weight is 257 g/mol. The van der Waals surface area contributed by atoms with Gasteiger partial charge in [0.05, 0.1) is 12.3 Å². The van der Waals surface area contributed by atoms with E-state index in [1.54, 1.807) is 36.6 Å². The van der Waals surface area contributed by atoms with Gasteiger partial charge in [0.1, 0.15) is 9.97 Å². The van der Waals surface area contributed by atoms with Crippen molar-refractivity contribution in [2.75, 3.05) is 0 Å². The highest BCUT2D eigenvalue weighted by Crippen LogP contribution is 2.20. The highest BCUT2D eigenvalue weighted by atomic mass is 32.2. The molecule has 0 spiro atoms. The molecule has 6 heteroatoms. The average Bonchev–Trinajstić information content (AvgIpc) is 2.91. The largest absolute Gasteiger partial charge is 0.468 e. The Morgan fingerprint density at radius 3 is 2.75 bits per heavy atom. The zero-order valence-corrected chi connectivity index (χ0v) is 10.2. The molecule has 0 aliphatic heterocycles. The van der Waals surface area contributed by atoms with Crippen LogP contribution in [0.4, 0.5) is 0 Å². The summed E-state index contributed by atoms with van der Waals surface area (Å²) in [7, 11) is -3.43. The molecule has 0 fully saturated rings. The van der Waals surface area contributed by atoms with E-state index in [0.717, 1.165) is 0 Å². The van der Waals surface area contributed by atoms with Crippen LogP contribution in [-0.2, 0) is 10.0 Å². The highest BCUT2D eigenvalue weighted by molar-refractivity contribution is 7.91. The Morgan fingerprint density at radius 2 is 2.19 bits per heavy atom. The Balaban J connectivity index is 2.16. The van der Waals surface area contributed by atoms with Gasteiger partial charge in [0, 0.05) is 0 Å². The summed E-state index contributed by atoms with van der Waals surface area (Å²) < 4.78 is 31.7. The molecule has 0 aliphatic rings. The van der Waals surface area contributed by atoms with Crippen LogP contribution in [0.5, 0.6) is 0 Å². The summed E-state index contributed by atoms with van der Waals surface area (Å²) in [5.41, 5.74) is 0. The van der Waals surface area contributed by atoms with E-state index < -0.39 is 10.0 Å². The standard InChI is InChI=1S/C10H11NO3S2/c1-8(9-4-2-6-14-9)11-16(12,13)10-5-3-7-15-10/h2-8,11H,1H3/t8-/m1/s1. The molecule has 16 heavy (non-hydrogen) atoms. The SMILES string of the molecule is C[C@@H](NS(=O)(=O)c1cccs1)c1ccco1. The topological polar surface area (TPSA) is 59.3 Å². The van der Waals surface area contributed by atoms with E-state index in [2.05, 4.69) is 4.72 Å². The van der Waals surface area contributed by atoms with Crippen LogP contribution in [0.1, 0.15) is 18.7 Å². The fraction of sp³-hybridized carbons (Fsp3) is 0.200. The predicted octanol–water partition coefficient (Wildman–Crippen LogP) is 2.38. The second kappa shape index (κ2) is 4.40. The van der Waals surface area contributed by atoms with Gasteiger partial charge in [-0.1, -0.05) is 6.07 Å². The van der Waals surface area contributed by atoms with E-state index in [9.17, 15) is 8.42 Å². The fourth-order valence-electron chi connectivity index (χ4n) is 1.30. The summed E-state index contributed by atoms with van der Waals surface area (Å²) in [6.07, 6.45) is 1.52. The summed E-state index contributed by atoms with van der Waals surface area (Å²) in [4.78, 5) is 0. The van der Waals surface area contributed by atoms with E-state index in [1.165, 1.54) is 17.6 Å². The molecule has 0 aromatic carbocycles. The van der Waals surface area contributed by atoms with Gasteiger partial charge in [-0.05, 0) is 30.5 Å². The van der Waals surface area contributed by atoms with E-state index in [4.69, 9.17) is 4.42 Å². The second-order valence-electron chi connectivity index (χ2n) is 3.29. The molecule has 0 amide bonds. The molecule has 1 atom stereocenters. The van der Waals surface area contributed by atoms with Gasteiger partial charge in [0.25, 0.3) is 10.0 Å². The summed E-state index contributed by atoms with van der Waals surface area (Å²) >= 11 is 1.19. The minimum Gasteiger partial charge on any atom is -0.468 e. The minimum atomic E-state index is -3.43. The molecular weight excluding hydrogens is 246 g/mol. The third kappa shape index (κ3) is 2.34. The van der Waals surface area contributed by atoms with Crippen molar-refractivity contribution in [1.29, 1.82) is 0 Å². The van der Waals surface area contributed by atoms with Crippen molar-refractivity contribution in [2.24, 2.45) is 0 Å². The van der Waals surface area contributed by atoms with Crippen LogP contribution in [0, 0.1) is 0 Å². The molecule has 2 aromatic rings. The lowest BCUT2D eigenvalue weighted by atomic mass is 10.3. The molecule has 2 heterocycles. The van der Waals surface area contributed by atoms with E-state index in [0.29, 0.717) is 9.97 Å². The first kappa shape index (κ1) is 11.4. The predicted molar refractivity (Wildman–Crippen MR) is 61.8 cm³/mol. The van der Waals surface area contributed by atoms with Gasteiger partial charge >= 0.3 is 0 Å². The maximum atomic E-state index is 11.9. The van der Waals surface area contributed by atoms with E-state index in [-0.39, 0.29) is 6.04 Å². The van der Waals surface area contributed by atoms with Gasteiger partial charge in [-0.2, -0.15) is 0 Å². The van der Waals surface area contributed by atoms with Crippen LogP contribution in [0.15, 0.2) is 44.5 Å². The Hall–Kier alpha value is -1.11. The van der Waals surface area contributed by atoms with Gasteiger partial charge in [0.2, 0.25) is 0 Å². The van der Waals surface area contributed by atoms with Crippen molar-refractivity contribution in [1.82, 2.24) is 4.72 Å². The molecule has 2 aromatic heterocycles. The van der Waals surface area contributed by atoms with Crippen molar-refractivity contribution in [3.8, 4) is 0 Å². The number of nitrogens with one attached hydrogen (secondary N) is 1. The Labute approximate surface area is 98.0 Å². The first-order valence-corrected chi connectivity index (χ1v) is 7.05. The van der Waals surface area contributed by atoms with Crippen molar-refractivity contribution < 1.29 is 12.8 Å². The summed E-state index contributed by atoms with van der Waals surface area (Å²) in [5, 5.41) is 1.73. The zero-order valence-electron chi connectivity index (χ0n) is 8.58. The summed E-state index contributed by atoms with van der Waals surface area (Å²) in [6.45, 7) is 1.74. The van der Waals surface area contributed by atoms with Gasteiger partial charge in [-0.3, -0.25) is 0 Å². The first-order chi connectivity index (χ1) is 7.59. The molecule has 0 unspecified atom stereocenters. The second-order valence-corrected chi connectivity index (χ2v) is 6.18. The highest BCUT2D eigenvalue weighted by Gasteiger charge is 2.20. The van der Waals surface area contributed by atoms with Crippen molar-refractivity contribution >= 4 is 21.4 Å². The van der Waals surface area contributed by atoms with E-state index >= 15 is 0 Å². The monoisotopic (exact) mass is 257 g/mol. The molecule has 0 saturated heterocycles. The number of sulfonamides is 1. The van der Waals surface area contributed by atoms with Crippen LogP contribution in [-0.4, -0.2) is 8.42 Å². The van der Waals surface area contributed by atoms with Crippen molar-refractivity contribution in [2.45, 2.75) is 17.2 Å². The van der Waals surface area contributed by atoms with Crippen LogP contribution >= 0.6 is 11.3 Å². The lowest BCUT2D eigenvalue weighted by molar-refractivity contribution is 0.459. The molecule has 0 radical (unpaired) electrons. The molecule has 86 valence electrons. The van der Waals surface area contributed by atoms with Crippen molar-refractivity contribution in [3.05, 3.63) is 41.7 Å². The lowest BCUT2D eigenvalue weighted by Gasteiger charge is -2.10. The number of hydrogen-bond acceptors (Lipinski definition) is 4. The molecule has 0 aliphatic carbocycles. The van der Waals surface area contributed by atoms with Crippen LogP contribution in [0.2, 0.25) is 0 Å². The summed E-state index contributed by atoms with van der Waals surface area (Å²) in [5.74, 6) is 0.597. The van der Waals surface area contributed by atoms with Crippen LogP contribution < -0.4 is 4.72 Å². The quantitative estimate of drug-likeness (QED) is 0.914. The maximum absolute atomic E-state index is 11.9. The maximum Gasteiger partial charge on any atom is 0.250 e. The Kier molecular flexibility index (Phi) is 3.13. The summed E-state index contributed by atoms with van der Waals surface area (Å²) in [6, 6.07) is 6.37. The van der Waals surface area contributed by atoms with Gasteiger partial charge in [-0.15, -0.1) is 11.3 Å². The molecule has 2 rings (SSSR count). The Bertz CT molecular complexity index is 529. The Morgan fingerprint density at radius 1 is 1.38 bits per heavy atom. The lowest BCUT2D eigenvalue weighted by Crippen LogP contribution is -2.25. The molecule has 4 nitrogen and oxygen atoms in total. The third-order valence-electron chi connectivity index (χ3n) is 2.06. The first-order valence-electron chi connectivity index (χ1n) is 4.69. The number of hydrogen-bond donors (Lipinski definition) is 1. The normalized spacial score (nSPS) is 13.8. The minimum absolute atomic E-state index is 0.311. The smallest absolute Gasteiger partial charge is 0.250 e. The molecule has 1 N–H and O–H groups in total. The van der Waals surface area contributed by atoms with Gasteiger partial charge in [0.15, 0.2) is 0 Å². The van der Waals surface area contributed by atoms with Gasteiger partial charge < -0.3 is 4.42 Å². The number of thiophene rings is 1. The van der Waals surface area contributed by atoms with E-state index in [1.807, 2.05) is 0 Å². The van der Waals surface area contributed by atoms with Crippen LogP contribution in [0.3, 0.4) is 0 Å². The van der Waals surface area contributed by atoms with Gasteiger partial charge in [-0.25, -0.2) is 13.1 Å². The molecule has 0 bridgehead atoms. The molecule has 0 saturated carbocycles. The van der Waals surface area contributed by atoms with Crippen LogP contribution in [0.25, 0.3) is 0 Å². The third-order valence-corrected chi connectivity index (χ3v) is 5.00. The number of furan rings is 1. The fourth-order valence-corrected chi connectivity index (χ4v) is 3.52. The van der Waals surface area contributed by atoms with Crippen molar-refractivity contribution in [3.63, 3.8) is 0 Å². The number of rotatable bonds is 4. The molecular formula is C10H11NO3S2. The zero-order chi connectivity index (χ0) is 11.6.